The van der Waals surface area contributed by atoms with Crippen LogP contribution in [0.3, 0.4) is 0 Å². The minimum Gasteiger partial charge on any atom is -0.317 e. The highest BCUT2D eigenvalue weighted by atomic mass is 14.9. The fourth-order valence-corrected chi connectivity index (χ4v) is 1.98. The molecule has 0 bridgehead atoms. The molecule has 2 N–H and O–H groups in total. The van der Waals surface area contributed by atoms with Crippen LogP contribution in [0.4, 0.5) is 0 Å². The molecular weight excluding hydrogens is 136 g/mol. The van der Waals surface area contributed by atoms with Crippen molar-refractivity contribution in [2.24, 2.45) is 5.92 Å². The summed E-state index contributed by atoms with van der Waals surface area (Å²) in [7, 11) is 2.08. The topological polar surface area (TPSA) is 24.1 Å². The van der Waals surface area contributed by atoms with Crippen molar-refractivity contribution in [1.82, 2.24) is 10.6 Å². The Balaban J connectivity index is 2.41. The van der Waals surface area contributed by atoms with Gasteiger partial charge in [-0.3, -0.25) is 0 Å². The van der Waals surface area contributed by atoms with E-state index in [4.69, 9.17) is 0 Å². The van der Waals surface area contributed by atoms with E-state index in [1.54, 1.807) is 0 Å². The van der Waals surface area contributed by atoms with Crippen LogP contribution in [0.15, 0.2) is 0 Å². The van der Waals surface area contributed by atoms with Crippen LogP contribution < -0.4 is 10.6 Å². The highest BCUT2D eigenvalue weighted by molar-refractivity contribution is 4.78. The third-order valence-electron chi connectivity index (χ3n) is 2.79. The van der Waals surface area contributed by atoms with Gasteiger partial charge in [-0.1, -0.05) is 13.3 Å². The van der Waals surface area contributed by atoms with Crippen molar-refractivity contribution in [1.29, 1.82) is 0 Å². The summed E-state index contributed by atoms with van der Waals surface area (Å²) in [6.07, 6.45) is 3.93. The smallest absolute Gasteiger partial charge is 0.0105 e. The summed E-state index contributed by atoms with van der Waals surface area (Å²) in [5.74, 6) is 0.884. The van der Waals surface area contributed by atoms with Crippen molar-refractivity contribution >= 4 is 0 Å². The fraction of sp³-hybridized carbons (Fsp3) is 1.00. The van der Waals surface area contributed by atoms with E-state index in [1.807, 2.05) is 0 Å². The third kappa shape index (κ3) is 2.46. The molecule has 1 aliphatic heterocycles. The van der Waals surface area contributed by atoms with E-state index in [0.29, 0.717) is 0 Å². The van der Waals surface area contributed by atoms with Crippen molar-refractivity contribution in [3.05, 3.63) is 0 Å². The van der Waals surface area contributed by atoms with Crippen LogP contribution in [0.5, 0.6) is 0 Å². The zero-order valence-electron chi connectivity index (χ0n) is 7.69. The highest BCUT2D eigenvalue weighted by Gasteiger charge is 2.19. The van der Waals surface area contributed by atoms with Gasteiger partial charge < -0.3 is 10.6 Å². The van der Waals surface area contributed by atoms with Crippen LogP contribution in [0.25, 0.3) is 0 Å². The van der Waals surface area contributed by atoms with Gasteiger partial charge in [0.25, 0.3) is 0 Å². The molecule has 0 aliphatic carbocycles. The Morgan fingerprint density at radius 2 is 2.09 bits per heavy atom. The Labute approximate surface area is 69.8 Å². The molecule has 2 heteroatoms. The first-order chi connectivity index (χ1) is 5.38. The van der Waals surface area contributed by atoms with Gasteiger partial charge in [-0.25, -0.2) is 0 Å². The second kappa shape index (κ2) is 4.73. The van der Waals surface area contributed by atoms with Crippen molar-refractivity contribution in [3.8, 4) is 0 Å². The zero-order valence-corrected chi connectivity index (χ0v) is 7.69. The van der Waals surface area contributed by atoms with Gasteiger partial charge >= 0.3 is 0 Å². The lowest BCUT2D eigenvalue weighted by atomic mass is 9.93. The summed E-state index contributed by atoms with van der Waals surface area (Å²) < 4.78 is 0. The molecule has 0 aromatic heterocycles. The largest absolute Gasteiger partial charge is 0.317 e. The standard InChI is InChI=1S/C9H20N2/c1-3-8-4-6-11-7-5-9(8)10-2/h8-11H,3-7H2,1-2H3/t8?,9-/m1/s1. The Bertz CT molecular complexity index is 91.7. The Morgan fingerprint density at radius 3 is 2.73 bits per heavy atom. The van der Waals surface area contributed by atoms with E-state index >= 15 is 0 Å². The minimum atomic E-state index is 0.745. The molecule has 1 aliphatic rings. The van der Waals surface area contributed by atoms with Gasteiger partial charge in [-0.15, -0.1) is 0 Å². The molecular formula is C9H20N2. The van der Waals surface area contributed by atoms with E-state index in [9.17, 15) is 0 Å². The average Bonchev–Trinajstić information content (AvgIpc) is 2.27. The Kier molecular flexibility index (Phi) is 3.87. The van der Waals surface area contributed by atoms with Crippen LogP contribution in [-0.2, 0) is 0 Å². The van der Waals surface area contributed by atoms with E-state index in [0.717, 1.165) is 12.0 Å². The minimum absolute atomic E-state index is 0.745. The third-order valence-corrected chi connectivity index (χ3v) is 2.79. The number of rotatable bonds is 2. The fourth-order valence-electron chi connectivity index (χ4n) is 1.98. The second-order valence-corrected chi connectivity index (χ2v) is 3.39. The van der Waals surface area contributed by atoms with Crippen molar-refractivity contribution in [2.75, 3.05) is 20.1 Å². The summed E-state index contributed by atoms with van der Waals surface area (Å²) >= 11 is 0. The van der Waals surface area contributed by atoms with Crippen molar-refractivity contribution in [3.63, 3.8) is 0 Å². The normalized spacial score (nSPS) is 33.3. The summed E-state index contributed by atoms with van der Waals surface area (Å²) in [5.41, 5.74) is 0. The quantitative estimate of drug-likeness (QED) is 0.623. The lowest BCUT2D eigenvalue weighted by Gasteiger charge is -2.22. The summed E-state index contributed by atoms with van der Waals surface area (Å²) in [5, 5.41) is 6.84. The molecule has 0 radical (unpaired) electrons. The van der Waals surface area contributed by atoms with Gasteiger partial charge in [0, 0.05) is 6.04 Å². The molecule has 0 amide bonds. The first-order valence-electron chi connectivity index (χ1n) is 4.76. The number of nitrogens with one attached hydrogen (secondary N) is 2. The van der Waals surface area contributed by atoms with E-state index in [-0.39, 0.29) is 0 Å². The van der Waals surface area contributed by atoms with Crippen LogP contribution in [0, 0.1) is 5.92 Å². The van der Waals surface area contributed by atoms with Crippen LogP contribution in [0.1, 0.15) is 26.2 Å². The predicted octanol–water partition coefficient (Wildman–Crippen LogP) is 0.984. The molecule has 66 valence electrons. The average molecular weight is 156 g/mol. The van der Waals surface area contributed by atoms with Gasteiger partial charge in [0.05, 0.1) is 0 Å². The second-order valence-electron chi connectivity index (χ2n) is 3.39. The van der Waals surface area contributed by atoms with E-state index in [2.05, 4.69) is 24.6 Å². The maximum Gasteiger partial charge on any atom is 0.0105 e. The van der Waals surface area contributed by atoms with Crippen molar-refractivity contribution < 1.29 is 0 Å². The predicted molar refractivity (Wildman–Crippen MR) is 48.7 cm³/mol. The zero-order chi connectivity index (χ0) is 8.10. The molecule has 1 saturated heterocycles. The lowest BCUT2D eigenvalue weighted by Crippen LogP contribution is -2.33. The lowest BCUT2D eigenvalue weighted by molar-refractivity contribution is 0.351. The van der Waals surface area contributed by atoms with Crippen LogP contribution in [0.2, 0.25) is 0 Å². The van der Waals surface area contributed by atoms with E-state index in [1.165, 1.54) is 32.4 Å². The first-order valence-corrected chi connectivity index (χ1v) is 4.76. The van der Waals surface area contributed by atoms with Gasteiger partial charge in [0.15, 0.2) is 0 Å². The molecule has 1 unspecified atom stereocenters. The molecule has 1 rings (SSSR count). The SMILES string of the molecule is CCC1CCNCC[C@H]1NC. The molecule has 0 saturated carbocycles. The summed E-state index contributed by atoms with van der Waals surface area (Å²) in [6, 6.07) is 0.745. The van der Waals surface area contributed by atoms with Gasteiger partial charge in [-0.05, 0) is 38.9 Å². The molecule has 11 heavy (non-hydrogen) atoms. The van der Waals surface area contributed by atoms with Crippen LogP contribution >= 0.6 is 0 Å². The molecule has 0 aromatic carbocycles. The van der Waals surface area contributed by atoms with Gasteiger partial charge in [0.1, 0.15) is 0 Å². The molecule has 2 nitrogen and oxygen atoms in total. The van der Waals surface area contributed by atoms with Gasteiger partial charge in [-0.2, -0.15) is 0 Å². The summed E-state index contributed by atoms with van der Waals surface area (Å²) in [4.78, 5) is 0. The molecule has 1 heterocycles. The van der Waals surface area contributed by atoms with Crippen LogP contribution in [-0.4, -0.2) is 26.2 Å². The number of hydrogen-bond acceptors (Lipinski definition) is 2. The number of hydrogen-bond donors (Lipinski definition) is 2. The monoisotopic (exact) mass is 156 g/mol. The van der Waals surface area contributed by atoms with Crippen molar-refractivity contribution in [2.45, 2.75) is 32.2 Å². The molecule has 0 spiro atoms. The molecule has 0 aromatic rings. The Hall–Kier alpha value is -0.0800. The van der Waals surface area contributed by atoms with E-state index < -0.39 is 0 Å². The van der Waals surface area contributed by atoms with Gasteiger partial charge in [0.2, 0.25) is 0 Å². The first kappa shape index (κ1) is 9.01. The molecule has 1 fully saturated rings. The maximum absolute atomic E-state index is 3.44. The maximum atomic E-state index is 3.44. The molecule has 2 atom stereocenters. The highest BCUT2D eigenvalue weighted by Crippen LogP contribution is 2.17. The Morgan fingerprint density at radius 1 is 1.36 bits per heavy atom. The summed E-state index contributed by atoms with van der Waals surface area (Å²) in [6.45, 7) is 4.68.